The van der Waals surface area contributed by atoms with Gasteiger partial charge in [-0.05, 0) is 42.5 Å². The lowest BCUT2D eigenvalue weighted by atomic mass is 10.1. The summed E-state index contributed by atoms with van der Waals surface area (Å²) in [6.07, 6.45) is 0. The molecule has 0 saturated heterocycles. The van der Waals surface area contributed by atoms with Crippen molar-refractivity contribution >= 4 is 43.4 Å². The SMILES string of the molecule is Fc1ccc2nc(Nc3ccccc3-c3nc4ccccc4[nH]3)sc2c1. The molecule has 2 heterocycles. The Bertz CT molecular complexity index is 1210. The minimum absolute atomic E-state index is 0.254. The van der Waals surface area contributed by atoms with Crippen LogP contribution in [0.1, 0.15) is 0 Å². The molecule has 2 N–H and O–H groups in total. The van der Waals surface area contributed by atoms with Gasteiger partial charge in [-0.2, -0.15) is 0 Å². The monoisotopic (exact) mass is 360 g/mol. The standard InChI is InChI=1S/C20H13FN4S/c21-12-9-10-17-18(11-12)26-20(25-17)24-14-6-2-1-5-13(14)19-22-15-7-3-4-8-16(15)23-19/h1-11H,(H,22,23)(H,24,25). The summed E-state index contributed by atoms with van der Waals surface area (Å²) in [5.41, 5.74) is 4.54. The number of thiazole rings is 1. The van der Waals surface area contributed by atoms with Crippen LogP contribution >= 0.6 is 11.3 Å². The first kappa shape index (κ1) is 15.0. The quantitative estimate of drug-likeness (QED) is 0.432. The van der Waals surface area contributed by atoms with Crippen LogP contribution in [0.15, 0.2) is 66.7 Å². The van der Waals surface area contributed by atoms with E-state index >= 15 is 0 Å². The summed E-state index contributed by atoms with van der Waals surface area (Å²) in [4.78, 5) is 12.6. The van der Waals surface area contributed by atoms with E-state index in [4.69, 9.17) is 0 Å². The van der Waals surface area contributed by atoms with E-state index in [1.807, 2.05) is 48.5 Å². The minimum Gasteiger partial charge on any atom is -0.338 e. The third-order valence-electron chi connectivity index (χ3n) is 4.16. The second kappa shape index (κ2) is 5.93. The van der Waals surface area contributed by atoms with Gasteiger partial charge >= 0.3 is 0 Å². The van der Waals surface area contributed by atoms with Crippen molar-refractivity contribution in [3.63, 3.8) is 0 Å². The van der Waals surface area contributed by atoms with Crippen LogP contribution in [-0.4, -0.2) is 15.0 Å². The normalized spacial score (nSPS) is 11.3. The lowest BCUT2D eigenvalue weighted by molar-refractivity contribution is 0.630. The summed E-state index contributed by atoms with van der Waals surface area (Å²) in [6, 6.07) is 20.5. The summed E-state index contributed by atoms with van der Waals surface area (Å²) in [5, 5.41) is 4.07. The van der Waals surface area contributed by atoms with Gasteiger partial charge in [0.15, 0.2) is 5.13 Å². The third-order valence-corrected chi connectivity index (χ3v) is 5.10. The van der Waals surface area contributed by atoms with E-state index in [0.29, 0.717) is 5.13 Å². The molecule has 0 atom stereocenters. The number of aromatic nitrogens is 3. The van der Waals surface area contributed by atoms with Gasteiger partial charge in [0.1, 0.15) is 11.6 Å². The number of H-pyrrole nitrogens is 1. The first-order valence-electron chi connectivity index (χ1n) is 8.13. The van der Waals surface area contributed by atoms with Crippen molar-refractivity contribution in [2.45, 2.75) is 0 Å². The van der Waals surface area contributed by atoms with Crippen LogP contribution in [0.4, 0.5) is 15.2 Å². The second-order valence-electron chi connectivity index (χ2n) is 5.90. The Morgan fingerprint density at radius 3 is 2.65 bits per heavy atom. The third kappa shape index (κ3) is 2.60. The van der Waals surface area contributed by atoms with Crippen molar-refractivity contribution in [1.82, 2.24) is 15.0 Å². The van der Waals surface area contributed by atoms with E-state index in [1.54, 1.807) is 6.07 Å². The van der Waals surface area contributed by atoms with Crippen molar-refractivity contribution in [2.75, 3.05) is 5.32 Å². The molecule has 0 radical (unpaired) electrons. The molecular weight excluding hydrogens is 347 g/mol. The highest BCUT2D eigenvalue weighted by Gasteiger charge is 2.12. The van der Waals surface area contributed by atoms with Crippen LogP contribution in [0.2, 0.25) is 0 Å². The molecule has 6 heteroatoms. The molecule has 0 amide bonds. The maximum Gasteiger partial charge on any atom is 0.188 e. The number of nitrogens with zero attached hydrogens (tertiary/aromatic N) is 2. The van der Waals surface area contributed by atoms with Gasteiger partial charge in [0.25, 0.3) is 0 Å². The van der Waals surface area contributed by atoms with Crippen molar-refractivity contribution in [3.8, 4) is 11.4 Å². The number of nitrogens with one attached hydrogen (secondary N) is 2. The number of fused-ring (bicyclic) bond motifs is 2. The highest BCUT2D eigenvalue weighted by atomic mass is 32.1. The lowest BCUT2D eigenvalue weighted by Crippen LogP contribution is -1.93. The zero-order chi connectivity index (χ0) is 17.5. The summed E-state index contributed by atoms with van der Waals surface area (Å²) in [6.45, 7) is 0. The van der Waals surface area contributed by atoms with Crippen LogP contribution in [0.25, 0.3) is 32.6 Å². The van der Waals surface area contributed by atoms with Crippen molar-refractivity contribution in [2.24, 2.45) is 0 Å². The van der Waals surface area contributed by atoms with Crippen LogP contribution < -0.4 is 5.32 Å². The fourth-order valence-electron chi connectivity index (χ4n) is 2.95. The highest BCUT2D eigenvalue weighted by Crippen LogP contribution is 2.33. The Hall–Kier alpha value is -3.25. The maximum absolute atomic E-state index is 13.4. The van der Waals surface area contributed by atoms with Gasteiger partial charge < -0.3 is 10.3 Å². The molecule has 2 aromatic heterocycles. The van der Waals surface area contributed by atoms with Gasteiger partial charge in [0, 0.05) is 5.56 Å². The van der Waals surface area contributed by atoms with Gasteiger partial charge in [0.05, 0.1) is 26.9 Å². The molecule has 26 heavy (non-hydrogen) atoms. The zero-order valence-corrected chi connectivity index (χ0v) is 14.3. The molecule has 0 fully saturated rings. The Morgan fingerprint density at radius 2 is 1.73 bits per heavy atom. The van der Waals surface area contributed by atoms with Crippen LogP contribution in [0, 0.1) is 5.82 Å². The van der Waals surface area contributed by atoms with Crippen molar-refractivity contribution < 1.29 is 4.39 Å². The Labute approximate surface area is 152 Å². The topological polar surface area (TPSA) is 53.6 Å². The van der Waals surface area contributed by atoms with Crippen LogP contribution in [0.3, 0.4) is 0 Å². The number of hydrogen-bond acceptors (Lipinski definition) is 4. The molecular formula is C20H13FN4S. The summed E-state index contributed by atoms with van der Waals surface area (Å²) in [5.74, 6) is 0.539. The Kier molecular flexibility index (Phi) is 3.43. The minimum atomic E-state index is -0.254. The number of benzene rings is 3. The van der Waals surface area contributed by atoms with E-state index in [1.165, 1.54) is 23.5 Å². The van der Waals surface area contributed by atoms with Crippen LogP contribution in [0.5, 0.6) is 0 Å². The average Bonchev–Trinajstić information content (AvgIpc) is 3.25. The molecule has 0 spiro atoms. The van der Waals surface area contributed by atoms with Gasteiger partial charge in [-0.3, -0.25) is 0 Å². The van der Waals surface area contributed by atoms with E-state index in [2.05, 4.69) is 20.3 Å². The number of rotatable bonds is 3. The molecule has 0 bridgehead atoms. The molecule has 4 nitrogen and oxygen atoms in total. The largest absolute Gasteiger partial charge is 0.338 e. The Morgan fingerprint density at radius 1 is 0.885 bits per heavy atom. The molecule has 0 saturated carbocycles. The summed E-state index contributed by atoms with van der Waals surface area (Å²) in [7, 11) is 0. The average molecular weight is 360 g/mol. The van der Waals surface area contributed by atoms with Gasteiger partial charge in [0.2, 0.25) is 0 Å². The van der Waals surface area contributed by atoms with Gasteiger partial charge in [-0.25, -0.2) is 14.4 Å². The highest BCUT2D eigenvalue weighted by molar-refractivity contribution is 7.22. The molecule has 0 aliphatic rings. The number of para-hydroxylation sites is 3. The number of aromatic amines is 1. The predicted octanol–water partition coefficient (Wildman–Crippen LogP) is 5.72. The second-order valence-corrected chi connectivity index (χ2v) is 6.93. The summed E-state index contributed by atoms with van der Waals surface area (Å²) >= 11 is 1.42. The lowest BCUT2D eigenvalue weighted by Gasteiger charge is -2.07. The van der Waals surface area contributed by atoms with E-state index in [0.717, 1.165) is 38.3 Å². The summed E-state index contributed by atoms with van der Waals surface area (Å²) < 4.78 is 14.2. The van der Waals surface area contributed by atoms with E-state index in [9.17, 15) is 4.39 Å². The molecule has 5 aromatic rings. The number of anilines is 2. The zero-order valence-electron chi connectivity index (χ0n) is 13.5. The predicted molar refractivity (Wildman–Crippen MR) is 104 cm³/mol. The molecule has 0 unspecified atom stereocenters. The van der Waals surface area contributed by atoms with Crippen LogP contribution in [-0.2, 0) is 0 Å². The van der Waals surface area contributed by atoms with E-state index < -0.39 is 0 Å². The van der Waals surface area contributed by atoms with Gasteiger partial charge in [-0.1, -0.05) is 35.6 Å². The first-order chi connectivity index (χ1) is 12.8. The molecule has 0 aliphatic carbocycles. The van der Waals surface area contributed by atoms with Gasteiger partial charge in [-0.15, -0.1) is 0 Å². The molecule has 0 aliphatic heterocycles. The maximum atomic E-state index is 13.4. The molecule has 5 rings (SSSR count). The number of imidazole rings is 1. The Balaban J connectivity index is 1.56. The van der Waals surface area contributed by atoms with Crippen molar-refractivity contribution in [1.29, 1.82) is 0 Å². The number of halogens is 1. The van der Waals surface area contributed by atoms with E-state index in [-0.39, 0.29) is 5.82 Å². The number of hydrogen-bond donors (Lipinski definition) is 2. The molecule has 126 valence electrons. The smallest absolute Gasteiger partial charge is 0.188 e. The first-order valence-corrected chi connectivity index (χ1v) is 8.95. The fourth-order valence-corrected chi connectivity index (χ4v) is 3.85. The van der Waals surface area contributed by atoms with Crippen molar-refractivity contribution in [3.05, 3.63) is 72.5 Å². The fraction of sp³-hybridized carbons (Fsp3) is 0. The molecule has 3 aromatic carbocycles.